The van der Waals surface area contributed by atoms with Gasteiger partial charge < -0.3 is 9.80 Å². The Kier molecular flexibility index (Phi) is 5.66. The molecule has 0 saturated carbocycles. The van der Waals surface area contributed by atoms with Gasteiger partial charge in [0.1, 0.15) is 0 Å². The maximum absolute atomic E-state index is 13.5. The summed E-state index contributed by atoms with van der Waals surface area (Å²) >= 11 is 0. The molecule has 29 heavy (non-hydrogen) atoms. The van der Waals surface area contributed by atoms with Gasteiger partial charge in [-0.1, -0.05) is 66.7 Å². The molecular weight excluding hydrogens is 356 g/mol. The van der Waals surface area contributed by atoms with Gasteiger partial charge in [-0.05, 0) is 48.2 Å². The fourth-order valence-corrected chi connectivity index (χ4v) is 4.06. The smallest absolute Gasteiger partial charge is 0.234 e. The van der Waals surface area contributed by atoms with E-state index in [0.29, 0.717) is 0 Å². The Hall–Kier alpha value is -3.07. The van der Waals surface area contributed by atoms with Crippen LogP contribution in [0.5, 0.6) is 0 Å². The van der Waals surface area contributed by atoms with Crippen molar-refractivity contribution in [2.45, 2.75) is 19.8 Å². The lowest BCUT2D eigenvalue weighted by Gasteiger charge is -2.38. The van der Waals surface area contributed by atoms with Crippen LogP contribution in [0.15, 0.2) is 78.9 Å². The number of hydrogen-bond donors (Lipinski definition) is 0. The van der Waals surface area contributed by atoms with Crippen LogP contribution in [0.2, 0.25) is 0 Å². The van der Waals surface area contributed by atoms with Gasteiger partial charge in [-0.3, -0.25) is 4.79 Å². The molecule has 1 fully saturated rings. The molecule has 3 aromatic rings. The second-order valence-corrected chi connectivity index (χ2v) is 7.84. The Balaban J connectivity index is 1.51. The predicted molar refractivity (Wildman–Crippen MR) is 119 cm³/mol. The molecule has 0 bridgehead atoms. The average molecular weight is 385 g/mol. The minimum atomic E-state index is -0.245. The van der Waals surface area contributed by atoms with E-state index in [-0.39, 0.29) is 11.8 Å². The highest BCUT2D eigenvalue weighted by Crippen LogP contribution is 2.28. The Morgan fingerprint density at radius 3 is 1.79 bits per heavy atom. The summed E-state index contributed by atoms with van der Waals surface area (Å²) < 4.78 is 0. The molecule has 148 valence electrons. The van der Waals surface area contributed by atoms with Crippen molar-refractivity contribution in [2.75, 3.05) is 31.1 Å². The quantitative estimate of drug-likeness (QED) is 0.646. The molecule has 3 nitrogen and oxygen atoms in total. The highest BCUT2D eigenvalue weighted by molar-refractivity contribution is 5.87. The van der Waals surface area contributed by atoms with Crippen molar-refractivity contribution in [1.82, 2.24) is 4.90 Å². The number of piperazine rings is 1. The summed E-state index contributed by atoms with van der Waals surface area (Å²) in [6.45, 7) is 7.53. The minimum Gasteiger partial charge on any atom is -0.368 e. The standard InChI is InChI=1S/C26H28N2O/c1-20-13-14-24(19-21(20)2)27-15-17-28(18-16-27)26(29)25(22-9-5-3-6-10-22)23-11-7-4-8-12-23/h3-14,19,25H,15-18H2,1-2H3. The lowest BCUT2D eigenvalue weighted by atomic mass is 9.90. The SMILES string of the molecule is Cc1ccc(N2CCN(C(=O)C(c3ccccc3)c3ccccc3)CC2)cc1C. The van der Waals surface area contributed by atoms with Crippen LogP contribution < -0.4 is 4.90 Å². The number of benzene rings is 3. The minimum absolute atomic E-state index is 0.196. The molecule has 1 saturated heterocycles. The van der Waals surface area contributed by atoms with Crippen molar-refractivity contribution in [2.24, 2.45) is 0 Å². The summed E-state index contributed by atoms with van der Waals surface area (Å²) in [6, 6.07) is 26.9. The molecule has 3 heteroatoms. The van der Waals surface area contributed by atoms with E-state index in [1.807, 2.05) is 41.3 Å². The summed E-state index contributed by atoms with van der Waals surface area (Å²) in [5.41, 5.74) is 5.99. The van der Waals surface area contributed by atoms with Crippen molar-refractivity contribution in [3.63, 3.8) is 0 Å². The first-order valence-corrected chi connectivity index (χ1v) is 10.3. The summed E-state index contributed by atoms with van der Waals surface area (Å²) in [5, 5.41) is 0. The fourth-order valence-electron chi connectivity index (χ4n) is 4.06. The van der Waals surface area contributed by atoms with Gasteiger partial charge >= 0.3 is 0 Å². The first-order valence-electron chi connectivity index (χ1n) is 10.3. The Morgan fingerprint density at radius 2 is 1.28 bits per heavy atom. The lowest BCUT2D eigenvalue weighted by molar-refractivity contribution is -0.132. The van der Waals surface area contributed by atoms with Gasteiger partial charge in [-0.15, -0.1) is 0 Å². The van der Waals surface area contributed by atoms with E-state index in [1.54, 1.807) is 0 Å². The Labute approximate surface area is 173 Å². The van der Waals surface area contributed by atoms with E-state index in [4.69, 9.17) is 0 Å². The predicted octanol–water partition coefficient (Wildman–Crippen LogP) is 4.78. The molecule has 0 aliphatic carbocycles. The highest BCUT2D eigenvalue weighted by Gasteiger charge is 2.29. The van der Waals surface area contributed by atoms with Gasteiger partial charge in [0.2, 0.25) is 5.91 Å². The van der Waals surface area contributed by atoms with Crippen LogP contribution in [0.25, 0.3) is 0 Å². The number of anilines is 1. The van der Waals surface area contributed by atoms with E-state index in [0.717, 1.165) is 37.3 Å². The maximum atomic E-state index is 13.5. The number of carbonyl (C=O) groups is 1. The number of rotatable bonds is 4. The van der Waals surface area contributed by atoms with Crippen LogP contribution >= 0.6 is 0 Å². The third-order valence-corrected chi connectivity index (χ3v) is 5.96. The molecule has 1 aliphatic rings. The number of carbonyl (C=O) groups excluding carboxylic acids is 1. The Bertz CT molecular complexity index is 921. The van der Waals surface area contributed by atoms with Crippen molar-refractivity contribution in [1.29, 1.82) is 0 Å². The molecule has 0 atom stereocenters. The normalized spacial score (nSPS) is 14.3. The zero-order valence-electron chi connectivity index (χ0n) is 17.2. The molecule has 1 aliphatic heterocycles. The topological polar surface area (TPSA) is 23.6 Å². The van der Waals surface area contributed by atoms with Gasteiger partial charge in [0.15, 0.2) is 0 Å². The van der Waals surface area contributed by atoms with Gasteiger partial charge in [0, 0.05) is 31.9 Å². The average Bonchev–Trinajstić information content (AvgIpc) is 2.77. The second kappa shape index (κ2) is 8.52. The first-order chi connectivity index (χ1) is 14.1. The van der Waals surface area contributed by atoms with Gasteiger partial charge in [0.05, 0.1) is 5.92 Å². The second-order valence-electron chi connectivity index (χ2n) is 7.84. The molecule has 0 spiro atoms. The largest absolute Gasteiger partial charge is 0.368 e. The summed E-state index contributed by atoms with van der Waals surface area (Å²) in [4.78, 5) is 18.0. The molecule has 0 aromatic heterocycles. The Morgan fingerprint density at radius 1 is 0.724 bits per heavy atom. The van der Waals surface area contributed by atoms with E-state index >= 15 is 0 Å². The summed E-state index contributed by atoms with van der Waals surface area (Å²) in [6.07, 6.45) is 0. The zero-order chi connectivity index (χ0) is 20.2. The summed E-state index contributed by atoms with van der Waals surface area (Å²) in [5.74, 6) is -0.0484. The third-order valence-electron chi connectivity index (χ3n) is 5.96. The number of nitrogens with zero attached hydrogens (tertiary/aromatic N) is 2. The first kappa shape index (κ1) is 19.3. The highest BCUT2D eigenvalue weighted by atomic mass is 16.2. The molecule has 0 unspecified atom stereocenters. The van der Waals surface area contributed by atoms with Crippen LogP contribution in [0.4, 0.5) is 5.69 Å². The van der Waals surface area contributed by atoms with Crippen LogP contribution in [-0.4, -0.2) is 37.0 Å². The molecule has 4 rings (SSSR count). The fraction of sp³-hybridized carbons (Fsp3) is 0.269. The molecular formula is C26H28N2O. The van der Waals surface area contributed by atoms with E-state index < -0.39 is 0 Å². The van der Waals surface area contributed by atoms with Crippen molar-refractivity contribution >= 4 is 11.6 Å². The lowest BCUT2D eigenvalue weighted by Crippen LogP contribution is -2.50. The van der Waals surface area contributed by atoms with Crippen LogP contribution in [-0.2, 0) is 4.79 Å². The van der Waals surface area contributed by atoms with E-state index in [9.17, 15) is 4.79 Å². The summed E-state index contributed by atoms with van der Waals surface area (Å²) in [7, 11) is 0. The monoisotopic (exact) mass is 384 g/mol. The number of hydrogen-bond acceptors (Lipinski definition) is 2. The van der Waals surface area contributed by atoms with Crippen LogP contribution in [0.1, 0.15) is 28.2 Å². The van der Waals surface area contributed by atoms with Crippen molar-refractivity contribution in [3.05, 3.63) is 101 Å². The third kappa shape index (κ3) is 4.19. The van der Waals surface area contributed by atoms with Crippen LogP contribution in [0, 0.1) is 13.8 Å². The van der Waals surface area contributed by atoms with Crippen molar-refractivity contribution < 1.29 is 4.79 Å². The molecule has 3 aromatic carbocycles. The molecule has 1 heterocycles. The number of amides is 1. The maximum Gasteiger partial charge on any atom is 0.234 e. The number of aryl methyl sites for hydroxylation is 2. The van der Waals surface area contributed by atoms with Gasteiger partial charge in [-0.2, -0.15) is 0 Å². The van der Waals surface area contributed by atoms with E-state index in [2.05, 4.69) is 61.2 Å². The van der Waals surface area contributed by atoms with Gasteiger partial charge in [0.25, 0.3) is 0 Å². The van der Waals surface area contributed by atoms with Gasteiger partial charge in [-0.25, -0.2) is 0 Å². The van der Waals surface area contributed by atoms with Crippen molar-refractivity contribution in [3.8, 4) is 0 Å². The molecule has 0 N–H and O–H groups in total. The zero-order valence-corrected chi connectivity index (χ0v) is 17.2. The molecule has 1 amide bonds. The van der Waals surface area contributed by atoms with Crippen LogP contribution in [0.3, 0.4) is 0 Å². The molecule has 0 radical (unpaired) electrons. The van der Waals surface area contributed by atoms with E-state index in [1.165, 1.54) is 16.8 Å².